The number of rotatable bonds is 7. The normalized spacial score (nSPS) is 30.6. The first-order valence-corrected chi connectivity index (χ1v) is 11.8. The van der Waals surface area contributed by atoms with Crippen molar-refractivity contribution in [2.45, 2.75) is 83.3 Å². The number of nitrogens with one attached hydrogen (secondary N) is 2. The molecule has 0 spiro atoms. The number of para-hydroxylation sites is 1. The summed E-state index contributed by atoms with van der Waals surface area (Å²) in [5.41, 5.74) is 8.99. The lowest BCUT2D eigenvalue weighted by Crippen LogP contribution is -2.49. The van der Waals surface area contributed by atoms with Crippen LogP contribution in [-0.2, 0) is 11.2 Å². The van der Waals surface area contributed by atoms with Gasteiger partial charge in [0.25, 0.3) is 0 Å². The molecule has 29 heavy (non-hydrogen) atoms. The minimum Gasteiger partial charge on any atom is -0.312 e. The fraction of sp³-hybridized carbons (Fsp3) is 0.708. The van der Waals surface area contributed by atoms with Gasteiger partial charge in [0.2, 0.25) is 5.91 Å². The molecule has 0 aromatic heterocycles. The number of piperidine rings is 1. The number of hydrazine groups is 1. The summed E-state index contributed by atoms with van der Waals surface area (Å²) in [5, 5.41) is 0. The predicted molar refractivity (Wildman–Crippen MR) is 119 cm³/mol. The van der Waals surface area contributed by atoms with Crippen LogP contribution in [0.25, 0.3) is 0 Å². The van der Waals surface area contributed by atoms with Crippen molar-refractivity contribution >= 4 is 11.6 Å². The average molecular weight is 399 g/mol. The second-order valence-corrected chi connectivity index (χ2v) is 9.32. The lowest BCUT2D eigenvalue weighted by Gasteiger charge is -2.39. The Hall–Kier alpha value is -1.43. The predicted octanol–water partition coefficient (Wildman–Crippen LogP) is 3.49. The first-order valence-electron chi connectivity index (χ1n) is 11.8. The maximum atomic E-state index is 13.3. The second-order valence-electron chi connectivity index (χ2n) is 9.32. The van der Waals surface area contributed by atoms with Crippen molar-refractivity contribution in [3.63, 3.8) is 0 Å². The van der Waals surface area contributed by atoms with Crippen LogP contribution in [0.4, 0.5) is 5.69 Å². The fourth-order valence-corrected chi connectivity index (χ4v) is 5.60. The van der Waals surface area contributed by atoms with Crippen LogP contribution >= 0.6 is 0 Å². The number of anilines is 1. The summed E-state index contributed by atoms with van der Waals surface area (Å²) in [5.74, 6) is 0.359. The highest BCUT2D eigenvalue weighted by Gasteiger charge is 2.38. The van der Waals surface area contributed by atoms with Crippen LogP contribution in [0.15, 0.2) is 24.3 Å². The van der Waals surface area contributed by atoms with E-state index in [9.17, 15) is 4.79 Å². The molecule has 0 radical (unpaired) electrons. The standard InChI is InChI=1S/C24H38N4O/c1-18-9-8-10-19(2)27(18)15-6-3-7-16-28-23-12-5-4-11-20(23)17-21(24(28)29)22-13-14-25-26-22/h4-5,11-12,18-19,21-22,25-26H,3,6-10,13-17H2,1-2H3/t18-,19+,21?,22?. The molecule has 2 fully saturated rings. The lowest BCUT2D eigenvalue weighted by atomic mass is 9.85. The summed E-state index contributed by atoms with van der Waals surface area (Å²) < 4.78 is 0. The molecule has 3 aliphatic rings. The van der Waals surface area contributed by atoms with Crippen LogP contribution in [-0.4, -0.2) is 48.6 Å². The Morgan fingerprint density at radius 2 is 1.76 bits per heavy atom. The largest absolute Gasteiger partial charge is 0.312 e. The maximum absolute atomic E-state index is 13.3. The number of hydrogen-bond acceptors (Lipinski definition) is 4. The summed E-state index contributed by atoms with van der Waals surface area (Å²) in [6.07, 6.45) is 9.45. The van der Waals surface area contributed by atoms with Crippen LogP contribution in [0.3, 0.4) is 0 Å². The Balaban J connectivity index is 1.32. The molecule has 2 unspecified atom stereocenters. The highest BCUT2D eigenvalue weighted by molar-refractivity contribution is 5.98. The number of hydrogen-bond donors (Lipinski definition) is 2. The van der Waals surface area contributed by atoms with E-state index in [0.29, 0.717) is 5.91 Å². The van der Waals surface area contributed by atoms with E-state index < -0.39 is 0 Å². The SMILES string of the molecule is C[C@@H]1CCC[C@H](C)N1CCCCCN1C(=O)C(C2CCNN2)Cc2ccccc21. The molecule has 0 bridgehead atoms. The third-order valence-electron chi connectivity index (χ3n) is 7.33. The van der Waals surface area contributed by atoms with Crippen molar-refractivity contribution in [2.75, 3.05) is 24.5 Å². The Bertz CT molecular complexity index is 677. The van der Waals surface area contributed by atoms with Crippen molar-refractivity contribution in [3.8, 4) is 0 Å². The zero-order valence-electron chi connectivity index (χ0n) is 18.2. The van der Waals surface area contributed by atoms with E-state index in [2.05, 4.69) is 58.8 Å². The molecule has 4 rings (SSSR count). The van der Waals surface area contributed by atoms with Crippen molar-refractivity contribution in [1.29, 1.82) is 0 Å². The van der Waals surface area contributed by atoms with Crippen molar-refractivity contribution in [3.05, 3.63) is 29.8 Å². The summed E-state index contributed by atoms with van der Waals surface area (Å²) in [6, 6.07) is 10.2. The van der Waals surface area contributed by atoms with Crippen LogP contribution in [0.1, 0.15) is 64.4 Å². The number of carbonyl (C=O) groups is 1. The van der Waals surface area contributed by atoms with Crippen molar-refractivity contribution in [2.24, 2.45) is 5.92 Å². The molecule has 3 heterocycles. The van der Waals surface area contributed by atoms with E-state index in [1.54, 1.807) is 0 Å². The Morgan fingerprint density at radius 3 is 2.52 bits per heavy atom. The summed E-state index contributed by atoms with van der Waals surface area (Å²) in [4.78, 5) is 18.1. The number of amides is 1. The molecular weight excluding hydrogens is 360 g/mol. The first kappa shape index (κ1) is 20.8. The van der Waals surface area contributed by atoms with Gasteiger partial charge in [-0.2, -0.15) is 0 Å². The number of likely N-dealkylation sites (tertiary alicyclic amines) is 1. The summed E-state index contributed by atoms with van der Waals surface area (Å²) in [6.45, 7) is 7.75. The molecule has 1 aromatic rings. The lowest BCUT2D eigenvalue weighted by molar-refractivity contribution is -0.123. The summed E-state index contributed by atoms with van der Waals surface area (Å²) >= 11 is 0. The Morgan fingerprint density at radius 1 is 1.00 bits per heavy atom. The third kappa shape index (κ3) is 4.68. The van der Waals surface area contributed by atoms with E-state index in [-0.39, 0.29) is 12.0 Å². The van der Waals surface area contributed by atoms with Gasteiger partial charge in [-0.25, -0.2) is 0 Å². The van der Waals surface area contributed by atoms with Gasteiger partial charge in [-0.05, 0) is 70.5 Å². The minimum atomic E-state index is 0.0509. The number of carbonyl (C=O) groups excluding carboxylic acids is 1. The van der Waals surface area contributed by atoms with Crippen molar-refractivity contribution < 1.29 is 4.79 Å². The van der Waals surface area contributed by atoms with Gasteiger partial charge in [-0.3, -0.25) is 20.5 Å². The average Bonchev–Trinajstić information content (AvgIpc) is 3.25. The number of unbranched alkanes of at least 4 members (excludes halogenated alkanes) is 2. The molecule has 0 aliphatic carbocycles. The smallest absolute Gasteiger partial charge is 0.232 e. The van der Waals surface area contributed by atoms with E-state index in [0.717, 1.165) is 50.1 Å². The Labute approximate surface area is 176 Å². The number of benzene rings is 1. The maximum Gasteiger partial charge on any atom is 0.232 e. The quantitative estimate of drug-likeness (QED) is 0.690. The zero-order valence-corrected chi connectivity index (χ0v) is 18.2. The van der Waals surface area contributed by atoms with Crippen LogP contribution in [0.5, 0.6) is 0 Å². The van der Waals surface area contributed by atoms with Gasteiger partial charge in [-0.15, -0.1) is 0 Å². The first-order chi connectivity index (χ1) is 14.1. The molecular formula is C24H38N4O. The van der Waals surface area contributed by atoms with E-state index in [1.165, 1.54) is 44.2 Å². The van der Waals surface area contributed by atoms with Crippen molar-refractivity contribution in [1.82, 2.24) is 15.8 Å². The minimum absolute atomic E-state index is 0.0509. The van der Waals surface area contributed by atoms with Gasteiger partial charge < -0.3 is 4.90 Å². The number of nitrogens with zero attached hydrogens (tertiary/aromatic N) is 2. The molecule has 3 aliphatic heterocycles. The molecule has 5 nitrogen and oxygen atoms in total. The molecule has 2 N–H and O–H groups in total. The van der Waals surface area contributed by atoms with E-state index >= 15 is 0 Å². The zero-order chi connectivity index (χ0) is 20.2. The highest BCUT2D eigenvalue weighted by atomic mass is 16.2. The van der Waals surface area contributed by atoms with Gasteiger partial charge in [0.05, 0.1) is 5.92 Å². The van der Waals surface area contributed by atoms with E-state index in [4.69, 9.17) is 0 Å². The molecule has 5 heteroatoms. The van der Waals surface area contributed by atoms with Gasteiger partial charge in [0.1, 0.15) is 0 Å². The molecule has 160 valence electrons. The second kappa shape index (κ2) is 9.59. The van der Waals surface area contributed by atoms with E-state index in [1.807, 2.05) is 0 Å². The van der Waals surface area contributed by atoms with Gasteiger partial charge in [0, 0.05) is 36.9 Å². The number of fused-ring (bicyclic) bond motifs is 1. The van der Waals surface area contributed by atoms with Gasteiger partial charge in [-0.1, -0.05) is 31.0 Å². The fourth-order valence-electron chi connectivity index (χ4n) is 5.60. The van der Waals surface area contributed by atoms with Crippen LogP contribution in [0, 0.1) is 5.92 Å². The monoisotopic (exact) mass is 398 g/mol. The molecule has 0 saturated carbocycles. The third-order valence-corrected chi connectivity index (χ3v) is 7.33. The Kier molecular flexibility index (Phi) is 6.88. The topological polar surface area (TPSA) is 47.6 Å². The van der Waals surface area contributed by atoms with Crippen LogP contribution < -0.4 is 15.8 Å². The summed E-state index contributed by atoms with van der Waals surface area (Å²) in [7, 11) is 0. The van der Waals surface area contributed by atoms with Crippen LogP contribution in [0.2, 0.25) is 0 Å². The molecule has 1 aromatic carbocycles. The highest BCUT2D eigenvalue weighted by Crippen LogP contribution is 2.33. The van der Waals surface area contributed by atoms with Gasteiger partial charge >= 0.3 is 0 Å². The molecule has 2 saturated heterocycles. The molecule has 4 atom stereocenters. The van der Waals surface area contributed by atoms with Gasteiger partial charge in [0.15, 0.2) is 0 Å². The molecule has 1 amide bonds.